The van der Waals surface area contributed by atoms with E-state index in [2.05, 4.69) is 25.6 Å². The van der Waals surface area contributed by atoms with Gasteiger partial charge in [-0.1, -0.05) is 23.7 Å². The number of carbonyl (C=O) groups excluding carboxylic acids is 2. The second-order valence-corrected chi connectivity index (χ2v) is 8.86. The Morgan fingerprint density at radius 3 is 2.65 bits per heavy atom. The molecular formula is C23H24ClN5O2. The van der Waals surface area contributed by atoms with Gasteiger partial charge >= 0.3 is 0 Å². The van der Waals surface area contributed by atoms with Crippen molar-refractivity contribution in [2.24, 2.45) is 5.92 Å². The molecule has 2 aliphatic rings. The first-order chi connectivity index (χ1) is 15.1. The highest BCUT2D eigenvalue weighted by molar-refractivity contribution is 6.30. The smallest absolute Gasteiger partial charge is 0.255 e. The number of benzene rings is 1. The lowest BCUT2D eigenvalue weighted by atomic mass is 10.1. The lowest BCUT2D eigenvalue weighted by Gasteiger charge is -2.18. The molecule has 31 heavy (non-hydrogen) atoms. The topological polar surface area (TPSA) is 99.8 Å². The molecule has 2 fully saturated rings. The van der Waals surface area contributed by atoms with E-state index in [0.717, 1.165) is 36.9 Å². The number of fused-ring (bicyclic) bond motifs is 1. The maximum Gasteiger partial charge on any atom is 0.255 e. The summed E-state index contributed by atoms with van der Waals surface area (Å²) in [6.07, 6.45) is 8.22. The van der Waals surface area contributed by atoms with E-state index < -0.39 is 6.04 Å². The van der Waals surface area contributed by atoms with Crippen molar-refractivity contribution in [2.45, 2.75) is 44.1 Å². The standard InChI is InChI=1S/C23H24ClN5O2/c24-16-7-1-13(2-8-16)9-10-25-23(31)19(15-5-6-15)29-22(30)17-11-26-21-20(17)28-18(12-27-21)14-3-4-14/h1-2,7-8,11-12,14-15,19H,3-6,9-10H2,(H,25,31)(H,26,27)(H,29,30)/t19-/m1/s1. The van der Waals surface area contributed by atoms with Crippen molar-refractivity contribution in [3.63, 3.8) is 0 Å². The third kappa shape index (κ3) is 4.56. The zero-order valence-corrected chi connectivity index (χ0v) is 17.8. The van der Waals surface area contributed by atoms with Gasteiger partial charge in [0.25, 0.3) is 5.91 Å². The molecular weight excluding hydrogens is 414 g/mol. The molecule has 160 valence electrons. The summed E-state index contributed by atoms with van der Waals surface area (Å²) in [5, 5.41) is 6.59. The molecule has 2 aliphatic carbocycles. The number of amides is 2. The molecule has 1 aromatic carbocycles. The number of nitrogens with zero attached hydrogens (tertiary/aromatic N) is 2. The quantitative estimate of drug-likeness (QED) is 0.503. The highest BCUT2D eigenvalue weighted by Crippen LogP contribution is 2.39. The normalized spacial score (nSPS) is 16.8. The average Bonchev–Trinajstić information content (AvgIpc) is 3.70. The number of rotatable bonds is 8. The van der Waals surface area contributed by atoms with Crippen LogP contribution >= 0.6 is 11.6 Å². The van der Waals surface area contributed by atoms with E-state index in [4.69, 9.17) is 11.6 Å². The number of halogens is 1. The van der Waals surface area contributed by atoms with Gasteiger partial charge in [-0.2, -0.15) is 0 Å². The third-order valence-corrected chi connectivity index (χ3v) is 6.18. The van der Waals surface area contributed by atoms with Gasteiger partial charge in [-0.05, 0) is 55.7 Å². The molecule has 2 heterocycles. The zero-order valence-electron chi connectivity index (χ0n) is 17.0. The predicted molar refractivity (Wildman–Crippen MR) is 118 cm³/mol. The Kier molecular flexibility index (Phi) is 5.36. The first kappa shape index (κ1) is 20.0. The molecule has 3 aromatic rings. The number of hydrogen-bond donors (Lipinski definition) is 3. The molecule has 2 saturated carbocycles. The minimum Gasteiger partial charge on any atom is -0.354 e. The largest absolute Gasteiger partial charge is 0.354 e. The number of aromatic amines is 1. The van der Waals surface area contributed by atoms with E-state index >= 15 is 0 Å². The molecule has 0 spiro atoms. The van der Waals surface area contributed by atoms with Crippen LogP contribution in [0.5, 0.6) is 0 Å². The molecule has 1 atom stereocenters. The van der Waals surface area contributed by atoms with Crippen LogP contribution in [0.4, 0.5) is 0 Å². The van der Waals surface area contributed by atoms with Crippen molar-refractivity contribution < 1.29 is 9.59 Å². The van der Waals surface area contributed by atoms with Gasteiger partial charge in [0.05, 0.1) is 17.5 Å². The molecule has 0 aliphatic heterocycles. The van der Waals surface area contributed by atoms with Gasteiger partial charge in [0.2, 0.25) is 5.91 Å². The number of nitrogens with one attached hydrogen (secondary N) is 3. The van der Waals surface area contributed by atoms with Crippen LogP contribution in [0.1, 0.15) is 53.2 Å². The van der Waals surface area contributed by atoms with Crippen LogP contribution < -0.4 is 10.6 Å². The Morgan fingerprint density at radius 1 is 1.16 bits per heavy atom. The van der Waals surface area contributed by atoms with E-state index in [-0.39, 0.29) is 17.7 Å². The number of aromatic nitrogens is 3. The molecule has 0 unspecified atom stereocenters. The maximum atomic E-state index is 13.0. The lowest BCUT2D eigenvalue weighted by molar-refractivity contribution is -0.123. The van der Waals surface area contributed by atoms with E-state index in [1.165, 1.54) is 0 Å². The van der Waals surface area contributed by atoms with E-state index in [9.17, 15) is 9.59 Å². The van der Waals surface area contributed by atoms with Crippen LogP contribution in [0.25, 0.3) is 11.2 Å². The van der Waals surface area contributed by atoms with Crippen molar-refractivity contribution >= 4 is 34.6 Å². The van der Waals surface area contributed by atoms with Crippen molar-refractivity contribution in [1.29, 1.82) is 0 Å². The lowest BCUT2D eigenvalue weighted by Crippen LogP contribution is -2.48. The van der Waals surface area contributed by atoms with Crippen LogP contribution in [0, 0.1) is 5.92 Å². The minimum absolute atomic E-state index is 0.144. The zero-order chi connectivity index (χ0) is 21.4. The number of hydrogen-bond acceptors (Lipinski definition) is 4. The van der Waals surface area contributed by atoms with E-state index in [1.54, 1.807) is 12.4 Å². The van der Waals surface area contributed by atoms with Gasteiger partial charge in [0, 0.05) is 23.7 Å². The van der Waals surface area contributed by atoms with E-state index in [1.807, 2.05) is 24.3 Å². The Balaban J connectivity index is 1.24. The molecule has 5 rings (SSSR count). The molecule has 0 saturated heterocycles. The van der Waals surface area contributed by atoms with Gasteiger partial charge < -0.3 is 15.6 Å². The fourth-order valence-electron chi connectivity index (χ4n) is 3.79. The molecule has 2 aromatic heterocycles. The molecule has 3 N–H and O–H groups in total. The Hall–Kier alpha value is -2.93. The molecule has 2 amide bonds. The van der Waals surface area contributed by atoms with Crippen molar-refractivity contribution in [2.75, 3.05) is 6.54 Å². The van der Waals surface area contributed by atoms with Crippen molar-refractivity contribution in [3.05, 3.63) is 58.5 Å². The van der Waals surface area contributed by atoms with Crippen LogP contribution in [-0.4, -0.2) is 39.4 Å². The summed E-state index contributed by atoms with van der Waals surface area (Å²) in [4.78, 5) is 37.9. The van der Waals surface area contributed by atoms with Gasteiger partial charge in [0.15, 0.2) is 5.65 Å². The van der Waals surface area contributed by atoms with Gasteiger partial charge in [0.1, 0.15) is 11.6 Å². The Morgan fingerprint density at radius 2 is 1.94 bits per heavy atom. The average molecular weight is 438 g/mol. The van der Waals surface area contributed by atoms with Crippen molar-refractivity contribution in [3.8, 4) is 0 Å². The summed E-state index contributed by atoms with van der Waals surface area (Å²) in [7, 11) is 0. The SMILES string of the molecule is O=C(N[C@@H](C(=O)NCCc1ccc(Cl)cc1)C1CC1)c1c[nH]c2ncc(C3CC3)nc12. The molecule has 0 bridgehead atoms. The summed E-state index contributed by atoms with van der Waals surface area (Å²) in [6.45, 7) is 0.503. The molecule has 7 nitrogen and oxygen atoms in total. The highest BCUT2D eigenvalue weighted by atomic mass is 35.5. The van der Waals surface area contributed by atoms with Crippen LogP contribution in [0.3, 0.4) is 0 Å². The van der Waals surface area contributed by atoms with Gasteiger partial charge in [-0.25, -0.2) is 9.97 Å². The minimum atomic E-state index is -0.540. The predicted octanol–water partition coefficient (Wildman–Crippen LogP) is 3.36. The molecule has 8 heteroatoms. The summed E-state index contributed by atoms with van der Waals surface area (Å²) >= 11 is 5.91. The van der Waals surface area contributed by atoms with Crippen LogP contribution in [0.2, 0.25) is 5.02 Å². The fraction of sp³-hybridized carbons (Fsp3) is 0.391. The van der Waals surface area contributed by atoms with Crippen molar-refractivity contribution in [1.82, 2.24) is 25.6 Å². The third-order valence-electron chi connectivity index (χ3n) is 5.93. The summed E-state index contributed by atoms with van der Waals surface area (Å²) in [6, 6.07) is 7.03. The first-order valence-electron chi connectivity index (χ1n) is 10.8. The molecule has 0 radical (unpaired) electrons. The Labute approximate surface area is 185 Å². The van der Waals surface area contributed by atoms with Gasteiger partial charge in [-0.15, -0.1) is 0 Å². The summed E-state index contributed by atoms with van der Waals surface area (Å²) < 4.78 is 0. The van der Waals surface area contributed by atoms with E-state index in [0.29, 0.717) is 40.6 Å². The second kappa shape index (κ2) is 8.30. The number of H-pyrrole nitrogens is 1. The van der Waals surface area contributed by atoms with Crippen LogP contribution in [-0.2, 0) is 11.2 Å². The maximum absolute atomic E-state index is 13.0. The van der Waals surface area contributed by atoms with Gasteiger partial charge in [-0.3, -0.25) is 9.59 Å². The Bertz CT molecular complexity index is 1120. The monoisotopic (exact) mass is 437 g/mol. The fourth-order valence-corrected chi connectivity index (χ4v) is 3.92. The van der Waals surface area contributed by atoms with Crippen LogP contribution in [0.15, 0.2) is 36.7 Å². The number of carbonyl (C=O) groups is 2. The summed E-state index contributed by atoms with van der Waals surface area (Å²) in [5.41, 5.74) is 3.62. The summed E-state index contributed by atoms with van der Waals surface area (Å²) in [5.74, 6) is 0.193. The first-order valence-corrected chi connectivity index (χ1v) is 11.1. The second-order valence-electron chi connectivity index (χ2n) is 8.42. The highest BCUT2D eigenvalue weighted by Gasteiger charge is 2.37.